The van der Waals surface area contributed by atoms with E-state index in [0.717, 1.165) is 23.0 Å². The van der Waals surface area contributed by atoms with Crippen molar-refractivity contribution in [2.24, 2.45) is 23.7 Å². The van der Waals surface area contributed by atoms with Gasteiger partial charge < -0.3 is 15.5 Å². The smallest absolute Gasteiger partial charge is 0.394 e. The monoisotopic (exact) mass is 403 g/mol. The van der Waals surface area contributed by atoms with Gasteiger partial charge in [-0.1, -0.05) is 29.8 Å². The van der Waals surface area contributed by atoms with Gasteiger partial charge in [-0.3, -0.25) is 4.79 Å². The van der Waals surface area contributed by atoms with Gasteiger partial charge in [0.2, 0.25) is 0 Å². The molecule has 0 saturated heterocycles. The first-order valence-corrected chi connectivity index (χ1v) is 10.7. The fourth-order valence-electron chi connectivity index (χ4n) is 6.13. The number of nitrogens with one attached hydrogen (secondary N) is 1. The number of benzene rings is 2. The molecule has 0 aliphatic heterocycles. The van der Waals surface area contributed by atoms with Crippen molar-refractivity contribution in [2.45, 2.75) is 32.1 Å². The summed E-state index contributed by atoms with van der Waals surface area (Å²) < 4.78 is 0. The molecule has 2 aromatic rings. The van der Waals surface area contributed by atoms with Gasteiger partial charge in [0.15, 0.2) is 0 Å². The van der Waals surface area contributed by atoms with Gasteiger partial charge in [-0.05, 0) is 96.7 Å². The normalized spacial score (nSPS) is 26.5. The van der Waals surface area contributed by atoms with Crippen molar-refractivity contribution >= 4 is 23.1 Å². The summed E-state index contributed by atoms with van der Waals surface area (Å²) in [5.41, 5.74) is 5.41. The van der Waals surface area contributed by atoms with Crippen LogP contribution in [0.4, 0.5) is 5.69 Å². The van der Waals surface area contributed by atoms with E-state index in [9.17, 15) is 14.7 Å². The number of aromatic hydroxyl groups is 1. The standard InChI is InChI=1S/C25H25NO4/c27-21-7-3-17(4-8-21)22(16-1-5-20(6-2-16)26-24(28)25(29)30)23-18-10-14-9-15(12-18)13-19(23)11-14/h1-8,14-15,18-19,27H,9-13H2,(H,26,28)(H,29,30). The lowest BCUT2D eigenvalue weighted by molar-refractivity contribution is -0.147. The maximum absolute atomic E-state index is 11.5. The second-order valence-electron chi connectivity index (χ2n) is 9.02. The topological polar surface area (TPSA) is 86.6 Å². The van der Waals surface area contributed by atoms with Crippen molar-refractivity contribution < 1.29 is 19.8 Å². The molecule has 6 rings (SSSR count). The SMILES string of the molecule is O=C(O)C(=O)Nc1ccc(C(=C2C3CC4CC(C3)CC2C4)c2ccc(O)cc2)cc1. The van der Waals surface area contributed by atoms with E-state index in [1.54, 1.807) is 29.8 Å². The zero-order valence-corrected chi connectivity index (χ0v) is 16.7. The van der Waals surface area contributed by atoms with E-state index in [1.807, 2.05) is 24.3 Å². The van der Waals surface area contributed by atoms with Gasteiger partial charge in [-0.25, -0.2) is 4.79 Å². The minimum atomic E-state index is -1.50. The van der Waals surface area contributed by atoms with Gasteiger partial charge in [0.25, 0.3) is 0 Å². The molecular formula is C25H25NO4. The zero-order chi connectivity index (χ0) is 20.8. The molecule has 4 aliphatic carbocycles. The molecule has 4 aliphatic rings. The van der Waals surface area contributed by atoms with E-state index in [2.05, 4.69) is 5.32 Å². The lowest BCUT2D eigenvalue weighted by atomic mass is 9.53. The third-order valence-electron chi connectivity index (χ3n) is 7.09. The fourth-order valence-corrected chi connectivity index (χ4v) is 6.13. The summed E-state index contributed by atoms with van der Waals surface area (Å²) in [6, 6.07) is 14.8. The molecule has 4 fully saturated rings. The molecule has 154 valence electrons. The molecular weight excluding hydrogens is 378 g/mol. The van der Waals surface area contributed by atoms with Crippen LogP contribution in [-0.2, 0) is 9.59 Å². The number of phenolic OH excluding ortho intramolecular Hbond substituents is 1. The number of carboxylic acids is 1. The number of carboxylic acid groups (broad SMARTS) is 1. The van der Waals surface area contributed by atoms with Crippen LogP contribution < -0.4 is 5.32 Å². The summed E-state index contributed by atoms with van der Waals surface area (Å²) in [5.74, 6) is 0.685. The van der Waals surface area contributed by atoms with Crippen LogP contribution in [0.25, 0.3) is 5.57 Å². The first-order chi connectivity index (χ1) is 14.5. The first kappa shape index (κ1) is 18.9. The summed E-state index contributed by atoms with van der Waals surface area (Å²) in [7, 11) is 0. The number of carbonyl (C=O) groups excluding carboxylic acids is 1. The van der Waals surface area contributed by atoms with Gasteiger partial charge in [-0.15, -0.1) is 0 Å². The van der Waals surface area contributed by atoms with Crippen LogP contribution in [0, 0.1) is 23.7 Å². The van der Waals surface area contributed by atoms with Gasteiger partial charge >= 0.3 is 11.9 Å². The fraction of sp³-hybridized carbons (Fsp3) is 0.360. The van der Waals surface area contributed by atoms with Crippen molar-refractivity contribution in [3.63, 3.8) is 0 Å². The molecule has 30 heavy (non-hydrogen) atoms. The molecule has 4 saturated carbocycles. The number of aliphatic carboxylic acids is 1. The Morgan fingerprint density at radius 1 is 0.767 bits per heavy atom. The molecule has 4 bridgehead atoms. The quantitative estimate of drug-likeness (QED) is 0.650. The summed E-state index contributed by atoms with van der Waals surface area (Å²) >= 11 is 0. The van der Waals surface area contributed by atoms with Crippen LogP contribution in [0.15, 0.2) is 54.1 Å². The predicted molar refractivity (Wildman–Crippen MR) is 114 cm³/mol. The molecule has 0 aromatic heterocycles. The summed E-state index contributed by atoms with van der Waals surface area (Å²) in [4.78, 5) is 22.3. The van der Waals surface area contributed by atoms with E-state index in [1.165, 1.54) is 37.7 Å². The maximum Gasteiger partial charge on any atom is 0.394 e. The van der Waals surface area contributed by atoms with Crippen molar-refractivity contribution in [2.75, 3.05) is 5.32 Å². The van der Waals surface area contributed by atoms with E-state index in [-0.39, 0.29) is 5.75 Å². The molecule has 0 unspecified atom stereocenters. The lowest BCUT2D eigenvalue weighted by Crippen LogP contribution is -2.40. The number of allylic oxidation sites excluding steroid dienone is 1. The van der Waals surface area contributed by atoms with Crippen molar-refractivity contribution in [1.82, 2.24) is 0 Å². The number of phenols is 1. The van der Waals surface area contributed by atoms with E-state index < -0.39 is 11.9 Å². The van der Waals surface area contributed by atoms with E-state index in [4.69, 9.17) is 5.11 Å². The number of carbonyl (C=O) groups is 2. The predicted octanol–water partition coefficient (Wildman–Crippen LogP) is 4.67. The number of rotatable bonds is 3. The molecule has 0 heterocycles. The van der Waals surface area contributed by atoms with Crippen LogP contribution >= 0.6 is 0 Å². The minimum Gasteiger partial charge on any atom is -0.508 e. The molecule has 0 spiro atoms. The minimum absolute atomic E-state index is 0.250. The average molecular weight is 403 g/mol. The molecule has 0 radical (unpaired) electrons. The Hall–Kier alpha value is -3.08. The van der Waals surface area contributed by atoms with Crippen molar-refractivity contribution in [3.8, 4) is 5.75 Å². The second kappa shape index (κ2) is 7.31. The Morgan fingerprint density at radius 3 is 1.77 bits per heavy atom. The number of anilines is 1. The van der Waals surface area contributed by atoms with Crippen LogP contribution in [0.3, 0.4) is 0 Å². The average Bonchev–Trinajstić information content (AvgIpc) is 2.72. The zero-order valence-electron chi connectivity index (χ0n) is 16.7. The van der Waals surface area contributed by atoms with Gasteiger partial charge in [0.1, 0.15) is 5.75 Å². The molecule has 0 atom stereocenters. The highest BCUT2D eigenvalue weighted by Gasteiger charge is 2.46. The Morgan fingerprint density at radius 2 is 1.27 bits per heavy atom. The Kier molecular flexibility index (Phi) is 4.61. The highest BCUT2D eigenvalue weighted by molar-refractivity contribution is 6.36. The lowest BCUT2D eigenvalue weighted by Gasteiger charge is -2.52. The molecule has 2 aromatic carbocycles. The summed E-state index contributed by atoms with van der Waals surface area (Å²) in [6.07, 6.45) is 6.49. The molecule has 5 heteroatoms. The van der Waals surface area contributed by atoms with Crippen LogP contribution in [0.5, 0.6) is 5.75 Å². The first-order valence-electron chi connectivity index (χ1n) is 10.7. The third kappa shape index (κ3) is 3.38. The molecule has 1 amide bonds. The Balaban J connectivity index is 1.57. The second-order valence-corrected chi connectivity index (χ2v) is 9.02. The van der Waals surface area contributed by atoms with Crippen molar-refractivity contribution in [3.05, 3.63) is 65.2 Å². The van der Waals surface area contributed by atoms with Crippen LogP contribution in [0.1, 0.15) is 43.2 Å². The molecule has 5 nitrogen and oxygen atoms in total. The largest absolute Gasteiger partial charge is 0.508 e. The van der Waals surface area contributed by atoms with Gasteiger partial charge in [-0.2, -0.15) is 0 Å². The Labute approximate surface area is 175 Å². The summed E-state index contributed by atoms with van der Waals surface area (Å²) in [5, 5.41) is 21.0. The van der Waals surface area contributed by atoms with Crippen LogP contribution in [-0.4, -0.2) is 22.1 Å². The van der Waals surface area contributed by atoms with E-state index >= 15 is 0 Å². The van der Waals surface area contributed by atoms with Gasteiger partial charge in [0.05, 0.1) is 0 Å². The van der Waals surface area contributed by atoms with Gasteiger partial charge in [0, 0.05) is 5.69 Å². The van der Waals surface area contributed by atoms with Crippen molar-refractivity contribution in [1.29, 1.82) is 0 Å². The Bertz CT molecular complexity index is 990. The number of hydrogen-bond donors (Lipinski definition) is 3. The highest BCUT2D eigenvalue weighted by Crippen LogP contribution is 2.58. The third-order valence-corrected chi connectivity index (χ3v) is 7.09. The maximum atomic E-state index is 11.5. The number of amides is 1. The van der Waals surface area contributed by atoms with Crippen LogP contribution in [0.2, 0.25) is 0 Å². The number of hydrogen-bond acceptors (Lipinski definition) is 3. The summed E-state index contributed by atoms with van der Waals surface area (Å²) in [6.45, 7) is 0. The van der Waals surface area contributed by atoms with E-state index in [0.29, 0.717) is 17.5 Å². The molecule has 3 N–H and O–H groups in total. The highest BCUT2D eigenvalue weighted by atomic mass is 16.4.